The molecular weight excluding hydrogens is 218 g/mol. The number of aliphatic hydroxyl groups excluding tert-OH is 1. The molecular formula is C12H21N3O2. The van der Waals surface area contributed by atoms with Crippen LogP contribution in [-0.2, 0) is 0 Å². The van der Waals surface area contributed by atoms with Gasteiger partial charge in [-0.2, -0.15) is 0 Å². The molecule has 0 radical (unpaired) electrons. The van der Waals surface area contributed by atoms with E-state index in [1.54, 1.807) is 17.0 Å². The zero-order chi connectivity index (χ0) is 13.0. The van der Waals surface area contributed by atoms with Crippen LogP contribution in [0.25, 0.3) is 0 Å². The van der Waals surface area contributed by atoms with Gasteiger partial charge in [-0.05, 0) is 26.7 Å². The normalized spacial score (nSPS) is 14.7. The van der Waals surface area contributed by atoms with Gasteiger partial charge in [0.1, 0.15) is 0 Å². The molecule has 0 aliphatic rings. The van der Waals surface area contributed by atoms with E-state index in [0.717, 1.165) is 0 Å². The van der Waals surface area contributed by atoms with Crippen LogP contribution in [0.15, 0.2) is 17.2 Å². The molecule has 0 saturated carbocycles. The SMILES string of the molecule is CC(CO)C(C)Nc1nccn(C(C)C)c1=O. The van der Waals surface area contributed by atoms with Crippen LogP contribution in [0.1, 0.15) is 33.7 Å². The van der Waals surface area contributed by atoms with Crippen molar-refractivity contribution in [3.8, 4) is 0 Å². The molecule has 0 fully saturated rings. The van der Waals surface area contributed by atoms with Crippen LogP contribution in [0.2, 0.25) is 0 Å². The highest BCUT2D eigenvalue weighted by Gasteiger charge is 2.14. The van der Waals surface area contributed by atoms with Crippen LogP contribution in [0.4, 0.5) is 5.82 Å². The molecule has 0 saturated heterocycles. The van der Waals surface area contributed by atoms with Gasteiger partial charge in [0.15, 0.2) is 5.82 Å². The van der Waals surface area contributed by atoms with Gasteiger partial charge >= 0.3 is 0 Å². The van der Waals surface area contributed by atoms with Crippen molar-refractivity contribution in [1.82, 2.24) is 9.55 Å². The standard InChI is InChI=1S/C12H21N3O2/c1-8(2)15-6-5-13-11(12(15)17)14-10(4)9(3)7-16/h5-6,8-10,16H,7H2,1-4H3,(H,13,14). The predicted molar refractivity (Wildman–Crippen MR) is 68.2 cm³/mol. The minimum Gasteiger partial charge on any atom is -0.396 e. The van der Waals surface area contributed by atoms with Crippen molar-refractivity contribution in [1.29, 1.82) is 0 Å². The first-order valence-corrected chi connectivity index (χ1v) is 5.92. The van der Waals surface area contributed by atoms with Crippen LogP contribution in [0.5, 0.6) is 0 Å². The first-order chi connectivity index (χ1) is 7.97. The maximum atomic E-state index is 12.0. The first kappa shape index (κ1) is 13.7. The van der Waals surface area contributed by atoms with E-state index in [1.807, 2.05) is 27.7 Å². The second kappa shape index (κ2) is 5.82. The second-order valence-electron chi connectivity index (χ2n) is 4.67. The van der Waals surface area contributed by atoms with Gasteiger partial charge in [-0.15, -0.1) is 0 Å². The Labute approximate surface area is 102 Å². The maximum Gasteiger partial charge on any atom is 0.293 e. The molecule has 0 spiro atoms. The highest BCUT2D eigenvalue weighted by atomic mass is 16.3. The number of aromatic nitrogens is 2. The van der Waals surface area contributed by atoms with Gasteiger partial charge in [0, 0.05) is 31.1 Å². The summed E-state index contributed by atoms with van der Waals surface area (Å²) in [5.41, 5.74) is -0.125. The Kier molecular flexibility index (Phi) is 4.69. The van der Waals surface area contributed by atoms with E-state index in [4.69, 9.17) is 5.11 Å². The van der Waals surface area contributed by atoms with Gasteiger partial charge in [-0.1, -0.05) is 6.92 Å². The summed E-state index contributed by atoms with van der Waals surface area (Å²) in [5, 5.41) is 12.1. The summed E-state index contributed by atoms with van der Waals surface area (Å²) in [5.74, 6) is 0.415. The van der Waals surface area contributed by atoms with Crippen molar-refractivity contribution in [3.63, 3.8) is 0 Å². The van der Waals surface area contributed by atoms with Gasteiger partial charge < -0.3 is 15.0 Å². The van der Waals surface area contributed by atoms with Crippen LogP contribution in [0.3, 0.4) is 0 Å². The monoisotopic (exact) mass is 239 g/mol. The average Bonchev–Trinajstić information content (AvgIpc) is 2.30. The van der Waals surface area contributed by atoms with E-state index in [-0.39, 0.29) is 30.2 Å². The van der Waals surface area contributed by atoms with Crippen LogP contribution < -0.4 is 10.9 Å². The summed E-state index contributed by atoms with van der Waals surface area (Å²) in [6.07, 6.45) is 3.29. The summed E-state index contributed by atoms with van der Waals surface area (Å²) in [6.45, 7) is 7.82. The van der Waals surface area contributed by atoms with Crippen molar-refractivity contribution in [2.24, 2.45) is 5.92 Å². The predicted octanol–water partition coefficient (Wildman–Crippen LogP) is 1.25. The minimum absolute atomic E-state index is 0.00297. The molecule has 96 valence electrons. The molecule has 0 bridgehead atoms. The van der Waals surface area contributed by atoms with Crippen molar-refractivity contribution in [3.05, 3.63) is 22.7 Å². The third-order valence-corrected chi connectivity index (χ3v) is 2.93. The minimum atomic E-state index is -0.125. The van der Waals surface area contributed by atoms with Crippen LogP contribution in [0, 0.1) is 5.92 Å². The number of nitrogens with zero attached hydrogens (tertiary/aromatic N) is 2. The van der Waals surface area contributed by atoms with E-state index in [9.17, 15) is 4.79 Å². The Morgan fingerprint density at radius 3 is 2.59 bits per heavy atom. The summed E-state index contributed by atoms with van der Waals surface area (Å²) in [4.78, 5) is 16.1. The van der Waals surface area contributed by atoms with Crippen LogP contribution >= 0.6 is 0 Å². The van der Waals surface area contributed by atoms with E-state index >= 15 is 0 Å². The van der Waals surface area contributed by atoms with Gasteiger partial charge in [-0.3, -0.25) is 4.79 Å². The van der Waals surface area contributed by atoms with Crippen molar-refractivity contribution < 1.29 is 5.11 Å². The Morgan fingerprint density at radius 2 is 2.06 bits per heavy atom. The molecule has 1 heterocycles. The van der Waals surface area contributed by atoms with E-state index in [0.29, 0.717) is 5.82 Å². The molecule has 17 heavy (non-hydrogen) atoms. The Morgan fingerprint density at radius 1 is 1.41 bits per heavy atom. The molecule has 2 unspecified atom stereocenters. The molecule has 2 atom stereocenters. The van der Waals surface area contributed by atoms with Gasteiger partial charge in [0.05, 0.1) is 0 Å². The molecule has 0 aliphatic carbocycles. The Balaban J connectivity index is 2.93. The summed E-state index contributed by atoms with van der Waals surface area (Å²) < 4.78 is 1.63. The summed E-state index contributed by atoms with van der Waals surface area (Å²) in [7, 11) is 0. The molecule has 0 amide bonds. The maximum absolute atomic E-state index is 12.0. The van der Waals surface area contributed by atoms with E-state index in [1.165, 1.54) is 0 Å². The summed E-state index contributed by atoms with van der Waals surface area (Å²) in [6, 6.07) is 0.111. The summed E-state index contributed by atoms with van der Waals surface area (Å²) >= 11 is 0. The molecule has 1 aromatic heterocycles. The lowest BCUT2D eigenvalue weighted by Crippen LogP contribution is -2.32. The first-order valence-electron chi connectivity index (χ1n) is 5.92. The number of rotatable bonds is 5. The smallest absolute Gasteiger partial charge is 0.293 e. The fourth-order valence-corrected chi connectivity index (χ4v) is 1.45. The average molecular weight is 239 g/mol. The number of hydrogen-bond donors (Lipinski definition) is 2. The number of aliphatic hydroxyl groups is 1. The van der Waals surface area contributed by atoms with Gasteiger partial charge in [0.2, 0.25) is 0 Å². The molecule has 2 N–H and O–H groups in total. The second-order valence-corrected chi connectivity index (χ2v) is 4.67. The zero-order valence-corrected chi connectivity index (χ0v) is 10.8. The highest BCUT2D eigenvalue weighted by molar-refractivity contribution is 5.32. The lowest BCUT2D eigenvalue weighted by molar-refractivity contribution is 0.226. The molecule has 5 nitrogen and oxygen atoms in total. The third-order valence-electron chi connectivity index (χ3n) is 2.93. The lowest BCUT2D eigenvalue weighted by Gasteiger charge is -2.20. The van der Waals surface area contributed by atoms with Crippen molar-refractivity contribution in [2.75, 3.05) is 11.9 Å². The van der Waals surface area contributed by atoms with Crippen LogP contribution in [-0.4, -0.2) is 27.3 Å². The van der Waals surface area contributed by atoms with E-state index < -0.39 is 0 Å². The fourth-order valence-electron chi connectivity index (χ4n) is 1.45. The third kappa shape index (κ3) is 3.30. The highest BCUT2D eigenvalue weighted by Crippen LogP contribution is 2.07. The Hall–Kier alpha value is -1.36. The molecule has 1 rings (SSSR count). The Bertz CT molecular complexity index is 414. The van der Waals surface area contributed by atoms with Crippen molar-refractivity contribution >= 4 is 5.82 Å². The number of hydrogen-bond acceptors (Lipinski definition) is 4. The molecule has 5 heteroatoms. The number of anilines is 1. The molecule has 1 aromatic rings. The van der Waals surface area contributed by atoms with Gasteiger partial charge in [-0.25, -0.2) is 4.98 Å². The largest absolute Gasteiger partial charge is 0.396 e. The zero-order valence-electron chi connectivity index (χ0n) is 10.8. The van der Waals surface area contributed by atoms with Gasteiger partial charge in [0.25, 0.3) is 5.56 Å². The molecule has 0 aromatic carbocycles. The topological polar surface area (TPSA) is 67.2 Å². The lowest BCUT2D eigenvalue weighted by atomic mass is 10.1. The van der Waals surface area contributed by atoms with Crippen molar-refractivity contribution in [2.45, 2.75) is 39.8 Å². The molecule has 0 aliphatic heterocycles. The quantitative estimate of drug-likeness (QED) is 0.811. The fraction of sp³-hybridized carbons (Fsp3) is 0.667. The van der Waals surface area contributed by atoms with E-state index in [2.05, 4.69) is 10.3 Å². The number of nitrogens with one attached hydrogen (secondary N) is 1.